The number of hydrogen-bond donors (Lipinski definition) is 3. The maximum atomic E-state index is 11.6. The van der Waals surface area contributed by atoms with Crippen molar-refractivity contribution in [1.82, 2.24) is 10.2 Å². The number of primary amides is 1. The summed E-state index contributed by atoms with van der Waals surface area (Å²) in [5.41, 5.74) is 5.79. The second-order valence-corrected chi connectivity index (χ2v) is 4.26. The first-order valence-corrected chi connectivity index (χ1v) is 6.00. The van der Waals surface area contributed by atoms with Gasteiger partial charge in [0, 0.05) is 13.6 Å². The fraction of sp³-hybridized carbons (Fsp3) is 0.308. The summed E-state index contributed by atoms with van der Waals surface area (Å²) in [7, 11) is 1.56. The van der Waals surface area contributed by atoms with Crippen molar-refractivity contribution < 1.29 is 19.5 Å². The van der Waals surface area contributed by atoms with Gasteiger partial charge in [-0.15, -0.1) is 0 Å². The van der Waals surface area contributed by atoms with Crippen molar-refractivity contribution in [2.45, 2.75) is 6.42 Å². The average molecular weight is 279 g/mol. The summed E-state index contributed by atoms with van der Waals surface area (Å²) < 4.78 is 0. The first kappa shape index (κ1) is 15.5. The van der Waals surface area contributed by atoms with E-state index >= 15 is 0 Å². The third-order valence-electron chi connectivity index (χ3n) is 2.72. The zero-order valence-corrected chi connectivity index (χ0v) is 11.1. The fourth-order valence-corrected chi connectivity index (χ4v) is 1.63. The van der Waals surface area contributed by atoms with E-state index in [1.807, 2.05) is 0 Å². The van der Waals surface area contributed by atoms with Crippen LogP contribution in [0.15, 0.2) is 24.3 Å². The Balaban J connectivity index is 2.56. The van der Waals surface area contributed by atoms with Crippen LogP contribution in [0.5, 0.6) is 0 Å². The monoisotopic (exact) mass is 279 g/mol. The van der Waals surface area contributed by atoms with Crippen LogP contribution in [0, 0.1) is 0 Å². The summed E-state index contributed by atoms with van der Waals surface area (Å²) in [6.45, 7) is 0.101. The molecule has 0 saturated heterocycles. The van der Waals surface area contributed by atoms with Crippen LogP contribution in [0.25, 0.3) is 0 Å². The SMILES string of the molecule is CN(CCc1ccccc1C(=O)O)C(=O)NCC(N)=O. The van der Waals surface area contributed by atoms with Gasteiger partial charge in [0.05, 0.1) is 12.1 Å². The van der Waals surface area contributed by atoms with Gasteiger partial charge < -0.3 is 21.1 Å². The molecule has 0 saturated carbocycles. The molecule has 0 unspecified atom stereocenters. The minimum Gasteiger partial charge on any atom is -0.478 e. The Labute approximate surface area is 116 Å². The van der Waals surface area contributed by atoms with Crippen LogP contribution in [-0.4, -0.2) is 48.1 Å². The molecule has 0 bridgehead atoms. The van der Waals surface area contributed by atoms with Gasteiger partial charge in [0.15, 0.2) is 0 Å². The lowest BCUT2D eigenvalue weighted by atomic mass is 10.0. The molecule has 1 rings (SSSR count). The Morgan fingerprint density at radius 3 is 2.55 bits per heavy atom. The van der Waals surface area contributed by atoms with E-state index in [1.54, 1.807) is 25.2 Å². The zero-order chi connectivity index (χ0) is 15.1. The number of aromatic carboxylic acids is 1. The number of urea groups is 1. The number of carboxylic acid groups (broad SMARTS) is 1. The number of rotatable bonds is 6. The highest BCUT2D eigenvalue weighted by atomic mass is 16.4. The third kappa shape index (κ3) is 4.60. The van der Waals surface area contributed by atoms with Crippen LogP contribution in [0.4, 0.5) is 4.79 Å². The summed E-state index contributed by atoms with van der Waals surface area (Å²) >= 11 is 0. The van der Waals surface area contributed by atoms with Crippen molar-refractivity contribution in [3.63, 3.8) is 0 Å². The summed E-state index contributed by atoms with van der Waals surface area (Å²) in [6.07, 6.45) is 0.406. The van der Waals surface area contributed by atoms with Gasteiger partial charge in [0.1, 0.15) is 0 Å². The van der Waals surface area contributed by atoms with Crippen molar-refractivity contribution >= 4 is 17.9 Å². The molecule has 4 N–H and O–H groups in total. The fourth-order valence-electron chi connectivity index (χ4n) is 1.63. The summed E-state index contributed by atoms with van der Waals surface area (Å²) in [5.74, 6) is -1.62. The molecule has 1 aromatic rings. The van der Waals surface area contributed by atoms with Crippen LogP contribution in [-0.2, 0) is 11.2 Å². The van der Waals surface area contributed by atoms with Gasteiger partial charge in [0.25, 0.3) is 0 Å². The molecule has 0 aliphatic rings. The maximum absolute atomic E-state index is 11.6. The van der Waals surface area contributed by atoms with E-state index in [0.29, 0.717) is 18.5 Å². The highest BCUT2D eigenvalue weighted by Crippen LogP contribution is 2.09. The molecule has 3 amide bonds. The Kier molecular flexibility index (Phi) is 5.52. The van der Waals surface area contributed by atoms with Crippen LogP contribution in [0.2, 0.25) is 0 Å². The van der Waals surface area contributed by atoms with Crippen molar-refractivity contribution in [1.29, 1.82) is 0 Å². The molecule has 20 heavy (non-hydrogen) atoms. The number of benzene rings is 1. The van der Waals surface area contributed by atoms with Crippen molar-refractivity contribution in [3.8, 4) is 0 Å². The Hall–Kier alpha value is -2.57. The molecular weight excluding hydrogens is 262 g/mol. The number of nitrogens with one attached hydrogen (secondary N) is 1. The smallest absolute Gasteiger partial charge is 0.335 e. The maximum Gasteiger partial charge on any atom is 0.335 e. The number of carbonyl (C=O) groups is 3. The molecule has 0 radical (unpaired) electrons. The molecular formula is C13H17N3O4. The topological polar surface area (TPSA) is 113 Å². The minimum atomic E-state index is -0.999. The molecule has 0 aliphatic carbocycles. The molecule has 0 fully saturated rings. The lowest BCUT2D eigenvalue weighted by Crippen LogP contribution is -2.42. The van der Waals surface area contributed by atoms with Crippen molar-refractivity contribution in [2.24, 2.45) is 5.73 Å². The Bertz CT molecular complexity index is 516. The van der Waals surface area contributed by atoms with Gasteiger partial charge in [-0.1, -0.05) is 18.2 Å². The van der Waals surface area contributed by atoms with E-state index in [-0.39, 0.29) is 12.1 Å². The number of nitrogens with two attached hydrogens (primary N) is 1. The van der Waals surface area contributed by atoms with E-state index < -0.39 is 17.9 Å². The quantitative estimate of drug-likeness (QED) is 0.683. The largest absolute Gasteiger partial charge is 0.478 e. The zero-order valence-electron chi connectivity index (χ0n) is 11.1. The van der Waals surface area contributed by atoms with Gasteiger partial charge >= 0.3 is 12.0 Å². The number of hydrogen-bond acceptors (Lipinski definition) is 3. The molecule has 0 spiro atoms. The standard InChI is InChI=1S/C13H17N3O4/c1-16(13(20)15-8-11(14)17)7-6-9-4-2-3-5-10(9)12(18)19/h2-5H,6-8H2,1H3,(H2,14,17)(H,15,20)(H,18,19). The first-order valence-electron chi connectivity index (χ1n) is 6.00. The van der Waals surface area contributed by atoms with E-state index in [0.717, 1.165) is 0 Å². The number of amides is 3. The second kappa shape index (κ2) is 7.13. The predicted molar refractivity (Wildman–Crippen MR) is 72.3 cm³/mol. The Morgan fingerprint density at radius 2 is 1.95 bits per heavy atom. The first-order chi connectivity index (χ1) is 9.41. The van der Waals surface area contributed by atoms with Gasteiger partial charge in [-0.2, -0.15) is 0 Å². The molecule has 0 aromatic heterocycles. The highest BCUT2D eigenvalue weighted by molar-refractivity contribution is 5.89. The van der Waals surface area contributed by atoms with Crippen LogP contribution < -0.4 is 11.1 Å². The van der Waals surface area contributed by atoms with Crippen LogP contribution >= 0.6 is 0 Å². The summed E-state index contributed by atoms with van der Waals surface area (Å²) in [5, 5.41) is 11.4. The predicted octanol–water partition coefficient (Wildman–Crippen LogP) is 0.0540. The van der Waals surface area contributed by atoms with E-state index in [2.05, 4.69) is 5.32 Å². The minimum absolute atomic E-state index is 0.221. The lowest BCUT2D eigenvalue weighted by molar-refractivity contribution is -0.117. The van der Waals surface area contributed by atoms with Crippen LogP contribution in [0.1, 0.15) is 15.9 Å². The molecule has 7 nitrogen and oxygen atoms in total. The summed E-state index contributed by atoms with van der Waals surface area (Å²) in [6, 6.07) is 6.19. The number of likely N-dealkylation sites (N-methyl/N-ethyl adjacent to an activating group) is 1. The van der Waals surface area contributed by atoms with Gasteiger partial charge in [-0.05, 0) is 18.1 Å². The van der Waals surface area contributed by atoms with Crippen molar-refractivity contribution in [3.05, 3.63) is 35.4 Å². The molecule has 0 aliphatic heterocycles. The average Bonchev–Trinajstić information content (AvgIpc) is 2.42. The highest BCUT2D eigenvalue weighted by Gasteiger charge is 2.12. The third-order valence-corrected chi connectivity index (χ3v) is 2.72. The van der Waals surface area contributed by atoms with Gasteiger partial charge in [-0.3, -0.25) is 4.79 Å². The number of nitrogens with zero attached hydrogens (tertiary/aromatic N) is 1. The summed E-state index contributed by atoms with van der Waals surface area (Å²) in [4.78, 5) is 34.5. The van der Waals surface area contributed by atoms with Crippen LogP contribution in [0.3, 0.4) is 0 Å². The molecule has 108 valence electrons. The number of carbonyl (C=O) groups excluding carboxylic acids is 2. The van der Waals surface area contributed by atoms with Gasteiger partial charge in [-0.25, -0.2) is 9.59 Å². The number of carboxylic acids is 1. The lowest BCUT2D eigenvalue weighted by Gasteiger charge is -2.17. The molecule has 0 atom stereocenters. The molecule has 1 aromatic carbocycles. The normalized spacial score (nSPS) is 9.85. The Morgan fingerprint density at radius 1 is 1.30 bits per heavy atom. The van der Waals surface area contributed by atoms with E-state index in [1.165, 1.54) is 11.0 Å². The van der Waals surface area contributed by atoms with Crippen molar-refractivity contribution in [2.75, 3.05) is 20.1 Å². The van der Waals surface area contributed by atoms with E-state index in [4.69, 9.17) is 10.8 Å². The van der Waals surface area contributed by atoms with E-state index in [9.17, 15) is 14.4 Å². The molecule has 7 heteroatoms. The molecule has 0 heterocycles. The van der Waals surface area contributed by atoms with Gasteiger partial charge in [0.2, 0.25) is 5.91 Å². The second-order valence-electron chi connectivity index (χ2n) is 4.26.